The van der Waals surface area contributed by atoms with E-state index < -0.39 is 0 Å². The van der Waals surface area contributed by atoms with Crippen LogP contribution in [-0.2, 0) is 5.75 Å². The first kappa shape index (κ1) is 13.0. The van der Waals surface area contributed by atoms with Gasteiger partial charge in [0.15, 0.2) is 0 Å². The zero-order chi connectivity index (χ0) is 12.0. The molecule has 0 fully saturated rings. The third kappa shape index (κ3) is 4.21. The van der Waals surface area contributed by atoms with Crippen LogP contribution in [0.4, 0.5) is 4.39 Å². The van der Waals surface area contributed by atoms with Crippen LogP contribution in [0, 0.1) is 17.1 Å². The Morgan fingerprint density at radius 3 is 2.88 bits per heavy atom. The van der Waals surface area contributed by atoms with Gasteiger partial charge in [0.1, 0.15) is 5.82 Å². The summed E-state index contributed by atoms with van der Waals surface area (Å²) < 4.78 is 13.1. The molecule has 0 saturated carbocycles. The van der Waals surface area contributed by atoms with Crippen LogP contribution in [0.25, 0.3) is 0 Å². The van der Waals surface area contributed by atoms with Gasteiger partial charge in [-0.1, -0.05) is 6.92 Å². The van der Waals surface area contributed by atoms with Gasteiger partial charge in [-0.3, -0.25) is 0 Å². The maximum absolute atomic E-state index is 13.1. The molecular weight excluding hydrogens is 225 g/mol. The van der Waals surface area contributed by atoms with Crippen molar-refractivity contribution in [1.82, 2.24) is 0 Å². The number of aliphatic hydroxyl groups is 1. The van der Waals surface area contributed by atoms with Gasteiger partial charge in [0.2, 0.25) is 0 Å². The molecule has 0 aliphatic heterocycles. The van der Waals surface area contributed by atoms with Gasteiger partial charge in [-0.2, -0.15) is 17.0 Å². The minimum absolute atomic E-state index is 0.167. The lowest BCUT2D eigenvalue weighted by Crippen LogP contribution is -2.00. The summed E-state index contributed by atoms with van der Waals surface area (Å²) in [6.45, 7) is 2.19. The molecule has 2 nitrogen and oxygen atoms in total. The minimum Gasteiger partial charge on any atom is -0.396 e. The number of rotatable bonds is 5. The molecule has 0 spiro atoms. The highest BCUT2D eigenvalue weighted by molar-refractivity contribution is 7.99. The monoisotopic (exact) mass is 239 g/mol. The zero-order valence-electron chi connectivity index (χ0n) is 9.11. The Hall–Kier alpha value is -1.05. The molecule has 4 heteroatoms. The Balaban J connectivity index is 2.60. The number of thioether (sulfide) groups is 1. The fraction of sp³-hybridized carbons (Fsp3) is 0.417. The zero-order valence-corrected chi connectivity index (χ0v) is 9.93. The molecular formula is C12H14FNOS. The van der Waals surface area contributed by atoms with Crippen LogP contribution < -0.4 is 0 Å². The SMILES string of the molecule is CC(CCO)SCc1cc(F)cc(C#N)c1. The molecule has 1 aromatic carbocycles. The average Bonchev–Trinajstić information content (AvgIpc) is 2.26. The molecule has 86 valence electrons. The third-order valence-corrected chi connectivity index (χ3v) is 3.46. The van der Waals surface area contributed by atoms with Gasteiger partial charge in [-0.15, -0.1) is 0 Å². The summed E-state index contributed by atoms with van der Waals surface area (Å²) in [5.74, 6) is 0.289. The lowest BCUT2D eigenvalue weighted by atomic mass is 10.1. The highest BCUT2D eigenvalue weighted by Crippen LogP contribution is 2.21. The number of nitriles is 1. The lowest BCUT2D eigenvalue weighted by molar-refractivity contribution is 0.289. The van der Waals surface area contributed by atoms with Gasteiger partial charge in [-0.05, 0) is 30.2 Å². The third-order valence-electron chi connectivity index (χ3n) is 2.16. The van der Waals surface area contributed by atoms with E-state index in [1.165, 1.54) is 12.1 Å². The van der Waals surface area contributed by atoms with Crippen LogP contribution in [0.2, 0.25) is 0 Å². The van der Waals surface area contributed by atoms with Crippen LogP contribution in [0.5, 0.6) is 0 Å². The summed E-state index contributed by atoms with van der Waals surface area (Å²) in [5.41, 5.74) is 1.16. The molecule has 1 rings (SSSR count). The van der Waals surface area contributed by atoms with E-state index in [9.17, 15) is 4.39 Å². The number of benzene rings is 1. The molecule has 16 heavy (non-hydrogen) atoms. The second kappa shape index (κ2) is 6.51. The van der Waals surface area contributed by atoms with E-state index in [0.717, 1.165) is 12.0 Å². The van der Waals surface area contributed by atoms with E-state index in [1.54, 1.807) is 17.8 Å². The Labute approximate surface area is 99.1 Å². The summed E-state index contributed by atoms with van der Waals surface area (Å²) in [4.78, 5) is 0. The summed E-state index contributed by atoms with van der Waals surface area (Å²) in [6, 6.07) is 6.30. The maximum atomic E-state index is 13.1. The van der Waals surface area contributed by atoms with Crippen LogP contribution in [0.3, 0.4) is 0 Å². The van der Waals surface area contributed by atoms with E-state index in [4.69, 9.17) is 10.4 Å². The van der Waals surface area contributed by atoms with Crippen LogP contribution in [0.1, 0.15) is 24.5 Å². The van der Waals surface area contributed by atoms with Crippen LogP contribution >= 0.6 is 11.8 Å². The van der Waals surface area contributed by atoms with E-state index in [1.807, 2.05) is 13.0 Å². The first-order valence-electron chi connectivity index (χ1n) is 5.07. The van der Waals surface area contributed by atoms with Crippen molar-refractivity contribution in [1.29, 1.82) is 5.26 Å². The molecule has 1 N–H and O–H groups in total. The minimum atomic E-state index is -0.371. The Bertz CT molecular complexity index is 389. The van der Waals surface area contributed by atoms with E-state index in [0.29, 0.717) is 16.6 Å². The Morgan fingerprint density at radius 1 is 1.50 bits per heavy atom. The number of hydrogen-bond donors (Lipinski definition) is 1. The van der Waals surface area contributed by atoms with Crippen molar-refractivity contribution in [2.24, 2.45) is 0 Å². The van der Waals surface area contributed by atoms with Crippen molar-refractivity contribution in [2.75, 3.05) is 6.61 Å². The lowest BCUT2D eigenvalue weighted by Gasteiger charge is -2.09. The predicted molar refractivity (Wildman–Crippen MR) is 63.6 cm³/mol. The van der Waals surface area contributed by atoms with E-state index >= 15 is 0 Å². The molecule has 0 bridgehead atoms. The quantitative estimate of drug-likeness (QED) is 0.859. The predicted octanol–water partition coefficient (Wildman–Crippen LogP) is 2.70. The average molecular weight is 239 g/mol. The summed E-state index contributed by atoms with van der Waals surface area (Å²) in [6.07, 6.45) is 0.727. The first-order valence-corrected chi connectivity index (χ1v) is 6.12. The van der Waals surface area contributed by atoms with Crippen molar-refractivity contribution in [2.45, 2.75) is 24.3 Å². The highest BCUT2D eigenvalue weighted by atomic mass is 32.2. The van der Waals surface area contributed by atoms with Crippen molar-refractivity contribution < 1.29 is 9.50 Å². The van der Waals surface area contributed by atoms with Gasteiger partial charge < -0.3 is 5.11 Å². The fourth-order valence-corrected chi connectivity index (χ4v) is 2.22. The summed E-state index contributed by atoms with van der Waals surface area (Å²) in [5, 5.41) is 17.8. The number of nitrogens with zero attached hydrogens (tertiary/aromatic N) is 1. The van der Waals surface area contributed by atoms with E-state index in [2.05, 4.69) is 0 Å². The number of hydrogen-bond acceptors (Lipinski definition) is 3. The summed E-state index contributed by atoms with van der Waals surface area (Å²) >= 11 is 1.65. The van der Waals surface area contributed by atoms with Crippen LogP contribution in [0.15, 0.2) is 18.2 Å². The highest BCUT2D eigenvalue weighted by Gasteiger charge is 2.04. The standard InChI is InChI=1S/C12H14FNOS/c1-9(2-3-15)16-8-11-4-10(7-14)5-12(13)6-11/h4-6,9,15H,2-3,8H2,1H3. The smallest absolute Gasteiger partial charge is 0.124 e. The van der Waals surface area contributed by atoms with Gasteiger partial charge in [-0.25, -0.2) is 4.39 Å². The molecule has 1 unspecified atom stereocenters. The molecule has 0 heterocycles. The molecule has 1 aromatic rings. The second-order valence-electron chi connectivity index (χ2n) is 3.59. The second-order valence-corrected chi connectivity index (χ2v) is 5.02. The first-order chi connectivity index (χ1) is 7.65. The van der Waals surface area contributed by atoms with Gasteiger partial charge >= 0.3 is 0 Å². The van der Waals surface area contributed by atoms with Crippen molar-refractivity contribution in [3.8, 4) is 6.07 Å². The topological polar surface area (TPSA) is 44.0 Å². The number of halogens is 1. The largest absolute Gasteiger partial charge is 0.396 e. The maximum Gasteiger partial charge on any atom is 0.124 e. The molecule has 0 aromatic heterocycles. The number of aliphatic hydroxyl groups excluding tert-OH is 1. The molecule has 0 radical (unpaired) electrons. The van der Waals surface area contributed by atoms with Gasteiger partial charge in [0.25, 0.3) is 0 Å². The molecule has 1 atom stereocenters. The molecule has 0 aliphatic rings. The molecule has 0 aliphatic carbocycles. The molecule has 0 saturated heterocycles. The molecule has 0 amide bonds. The van der Waals surface area contributed by atoms with Crippen molar-refractivity contribution >= 4 is 11.8 Å². The van der Waals surface area contributed by atoms with E-state index in [-0.39, 0.29) is 12.4 Å². The Kier molecular flexibility index (Phi) is 5.30. The van der Waals surface area contributed by atoms with Gasteiger partial charge in [0.05, 0.1) is 11.6 Å². The summed E-state index contributed by atoms with van der Waals surface area (Å²) in [7, 11) is 0. The fourth-order valence-electron chi connectivity index (χ4n) is 1.30. The van der Waals surface area contributed by atoms with Crippen molar-refractivity contribution in [3.05, 3.63) is 35.1 Å². The Morgan fingerprint density at radius 2 is 2.25 bits per heavy atom. The van der Waals surface area contributed by atoms with Crippen LogP contribution in [-0.4, -0.2) is 17.0 Å². The van der Waals surface area contributed by atoms with Gasteiger partial charge in [0, 0.05) is 17.6 Å². The normalized spacial score (nSPS) is 12.1. The van der Waals surface area contributed by atoms with Crippen molar-refractivity contribution in [3.63, 3.8) is 0 Å².